The van der Waals surface area contributed by atoms with Crippen molar-refractivity contribution in [2.45, 2.75) is 17.8 Å². The molecule has 0 aliphatic rings. The van der Waals surface area contributed by atoms with Gasteiger partial charge in [-0.05, 0) is 12.5 Å². The number of ether oxygens (including phenoxy) is 1. The first-order valence-corrected chi connectivity index (χ1v) is 7.19. The van der Waals surface area contributed by atoms with E-state index >= 15 is 0 Å². The van der Waals surface area contributed by atoms with Crippen molar-refractivity contribution in [2.24, 2.45) is 0 Å². The number of fused-ring (bicyclic) bond motifs is 1. The van der Waals surface area contributed by atoms with Crippen LogP contribution < -0.4 is 4.74 Å². The van der Waals surface area contributed by atoms with Crippen molar-refractivity contribution >= 4 is 17.4 Å². The predicted molar refractivity (Wildman–Crippen MR) is 78.1 cm³/mol. The highest BCUT2D eigenvalue weighted by atomic mass is 32.2. The predicted octanol–water partition coefficient (Wildman–Crippen LogP) is 2.73. The van der Waals surface area contributed by atoms with Gasteiger partial charge in [-0.25, -0.2) is 9.97 Å². The second kappa shape index (κ2) is 5.50. The van der Waals surface area contributed by atoms with Gasteiger partial charge in [-0.2, -0.15) is 4.52 Å². The van der Waals surface area contributed by atoms with E-state index in [0.29, 0.717) is 6.01 Å². The van der Waals surface area contributed by atoms with Gasteiger partial charge < -0.3 is 4.74 Å². The van der Waals surface area contributed by atoms with E-state index in [0.717, 1.165) is 22.1 Å². The Morgan fingerprint density at radius 3 is 2.80 bits per heavy atom. The summed E-state index contributed by atoms with van der Waals surface area (Å²) in [7, 11) is 1.58. The molecule has 1 aromatic carbocycles. The fourth-order valence-corrected chi connectivity index (χ4v) is 2.65. The molecule has 5 nitrogen and oxygen atoms in total. The lowest BCUT2D eigenvalue weighted by Gasteiger charge is -2.01. The van der Waals surface area contributed by atoms with Crippen LogP contribution in [-0.2, 0) is 5.75 Å². The molecule has 2 aromatic heterocycles. The van der Waals surface area contributed by atoms with E-state index in [2.05, 4.69) is 27.2 Å². The lowest BCUT2D eigenvalue weighted by atomic mass is 10.2. The maximum Gasteiger partial charge on any atom is 0.319 e. The van der Waals surface area contributed by atoms with Crippen LogP contribution in [0.4, 0.5) is 0 Å². The smallest absolute Gasteiger partial charge is 0.319 e. The Bertz CT molecular complexity index is 727. The number of rotatable bonds is 4. The Morgan fingerprint density at radius 2 is 2.05 bits per heavy atom. The number of hydrogen-bond acceptors (Lipinski definition) is 5. The standard InChI is InChI=1S/C14H14N4OS/c1-10-8-15-14(19-2)18-12(10)16-13(17-18)20-9-11-6-4-3-5-7-11/h3-8H,9H2,1-2H3. The van der Waals surface area contributed by atoms with Crippen molar-refractivity contribution in [3.8, 4) is 6.01 Å². The SMILES string of the molecule is COc1ncc(C)c2nc(SCc3ccccc3)nn12. The van der Waals surface area contributed by atoms with Gasteiger partial charge in [0, 0.05) is 17.5 Å². The Morgan fingerprint density at radius 1 is 1.25 bits per heavy atom. The molecule has 3 aromatic rings. The topological polar surface area (TPSA) is 52.3 Å². The molecule has 0 amide bonds. The van der Waals surface area contributed by atoms with Crippen LogP contribution in [0.5, 0.6) is 6.01 Å². The maximum atomic E-state index is 5.20. The van der Waals surface area contributed by atoms with Gasteiger partial charge in [-0.15, -0.1) is 5.10 Å². The third-order valence-corrected chi connectivity index (χ3v) is 3.79. The Hall–Kier alpha value is -2.08. The van der Waals surface area contributed by atoms with Gasteiger partial charge in [0.2, 0.25) is 5.16 Å². The zero-order valence-corrected chi connectivity index (χ0v) is 12.1. The molecule has 0 radical (unpaired) electrons. The van der Waals surface area contributed by atoms with Crippen molar-refractivity contribution in [2.75, 3.05) is 7.11 Å². The van der Waals surface area contributed by atoms with Gasteiger partial charge in [-0.3, -0.25) is 0 Å². The highest BCUT2D eigenvalue weighted by Gasteiger charge is 2.11. The molecule has 102 valence electrons. The van der Waals surface area contributed by atoms with Crippen LogP contribution in [-0.4, -0.2) is 26.7 Å². The fraction of sp³-hybridized carbons (Fsp3) is 0.214. The van der Waals surface area contributed by atoms with Gasteiger partial charge in [0.15, 0.2) is 5.65 Å². The first-order valence-electron chi connectivity index (χ1n) is 6.21. The summed E-state index contributed by atoms with van der Waals surface area (Å²) in [6, 6.07) is 10.7. The number of nitrogens with zero attached hydrogens (tertiary/aromatic N) is 4. The Kier molecular flexibility index (Phi) is 3.56. The highest BCUT2D eigenvalue weighted by molar-refractivity contribution is 7.98. The Balaban J connectivity index is 1.88. The second-order valence-electron chi connectivity index (χ2n) is 4.33. The largest absolute Gasteiger partial charge is 0.467 e. The summed E-state index contributed by atoms with van der Waals surface area (Å²) < 4.78 is 6.84. The molecular formula is C14H14N4OS. The van der Waals surface area contributed by atoms with Gasteiger partial charge in [-0.1, -0.05) is 42.1 Å². The van der Waals surface area contributed by atoms with Crippen molar-refractivity contribution in [3.05, 3.63) is 47.7 Å². The monoisotopic (exact) mass is 286 g/mol. The van der Waals surface area contributed by atoms with Gasteiger partial charge in [0.25, 0.3) is 0 Å². The maximum absolute atomic E-state index is 5.20. The minimum atomic E-state index is 0.449. The molecule has 0 bridgehead atoms. The molecule has 0 unspecified atom stereocenters. The number of benzene rings is 1. The van der Waals surface area contributed by atoms with E-state index in [1.165, 1.54) is 5.56 Å². The minimum Gasteiger partial charge on any atom is -0.467 e. The van der Waals surface area contributed by atoms with Crippen molar-refractivity contribution in [3.63, 3.8) is 0 Å². The molecule has 2 heterocycles. The molecule has 0 fully saturated rings. The molecular weight excluding hydrogens is 272 g/mol. The van der Waals surface area contributed by atoms with E-state index in [1.54, 1.807) is 29.6 Å². The van der Waals surface area contributed by atoms with Gasteiger partial charge in [0.1, 0.15) is 0 Å². The number of hydrogen-bond donors (Lipinski definition) is 0. The molecule has 0 aliphatic heterocycles. The zero-order chi connectivity index (χ0) is 13.9. The summed E-state index contributed by atoms with van der Waals surface area (Å²) in [6.45, 7) is 1.96. The third kappa shape index (κ3) is 2.46. The summed E-state index contributed by atoms with van der Waals surface area (Å²) in [4.78, 5) is 8.72. The average molecular weight is 286 g/mol. The van der Waals surface area contributed by atoms with E-state index in [9.17, 15) is 0 Å². The van der Waals surface area contributed by atoms with Crippen LogP contribution in [0.25, 0.3) is 5.65 Å². The number of aryl methyl sites for hydroxylation is 1. The molecule has 0 spiro atoms. The highest BCUT2D eigenvalue weighted by Crippen LogP contribution is 2.22. The summed E-state index contributed by atoms with van der Waals surface area (Å²) in [6.07, 6.45) is 1.74. The van der Waals surface area contributed by atoms with Gasteiger partial charge >= 0.3 is 6.01 Å². The number of aromatic nitrogens is 4. The fourth-order valence-electron chi connectivity index (χ4n) is 1.87. The molecule has 0 N–H and O–H groups in total. The average Bonchev–Trinajstić information content (AvgIpc) is 2.92. The van der Waals surface area contributed by atoms with Crippen LogP contribution in [0.15, 0.2) is 41.7 Å². The second-order valence-corrected chi connectivity index (χ2v) is 5.27. The first-order chi connectivity index (χ1) is 9.78. The van der Waals surface area contributed by atoms with Crippen molar-refractivity contribution < 1.29 is 4.74 Å². The van der Waals surface area contributed by atoms with E-state index < -0.39 is 0 Å². The van der Waals surface area contributed by atoms with E-state index in [4.69, 9.17) is 4.74 Å². The van der Waals surface area contributed by atoms with Crippen molar-refractivity contribution in [1.29, 1.82) is 0 Å². The molecule has 0 saturated heterocycles. The third-order valence-electron chi connectivity index (χ3n) is 2.88. The molecule has 0 saturated carbocycles. The van der Waals surface area contributed by atoms with Crippen LogP contribution in [0.1, 0.15) is 11.1 Å². The quantitative estimate of drug-likeness (QED) is 0.690. The normalized spacial score (nSPS) is 10.9. The lowest BCUT2D eigenvalue weighted by Crippen LogP contribution is -2.00. The molecule has 0 aliphatic carbocycles. The van der Waals surface area contributed by atoms with Gasteiger partial charge in [0.05, 0.1) is 7.11 Å². The number of thioether (sulfide) groups is 1. The minimum absolute atomic E-state index is 0.449. The summed E-state index contributed by atoms with van der Waals surface area (Å²) >= 11 is 1.60. The molecule has 3 rings (SSSR count). The van der Waals surface area contributed by atoms with Crippen LogP contribution >= 0.6 is 11.8 Å². The lowest BCUT2D eigenvalue weighted by molar-refractivity contribution is 0.366. The van der Waals surface area contributed by atoms with Crippen LogP contribution in [0.3, 0.4) is 0 Å². The van der Waals surface area contributed by atoms with E-state index in [-0.39, 0.29) is 0 Å². The zero-order valence-electron chi connectivity index (χ0n) is 11.3. The van der Waals surface area contributed by atoms with Crippen LogP contribution in [0.2, 0.25) is 0 Å². The van der Waals surface area contributed by atoms with Crippen LogP contribution in [0, 0.1) is 6.92 Å². The summed E-state index contributed by atoms with van der Waals surface area (Å²) in [5, 5.41) is 5.17. The van der Waals surface area contributed by atoms with Crippen molar-refractivity contribution in [1.82, 2.24) is 19.6 Å². The molecule has 6 heteroatoms. The summed E-state index contributed by atoms with van der Waals surface area (Å²) in [5.74, 6) is 0.840. The number of methoxy groups -OCH3 is 1. The molecule has 20 heavy (non-hydrogen) atoms. The Labute approximate surface area is 121 Å². The molecule has 0 atom stereocenters. The summed E-state index contributed by atoms with van der Waals surface area (Å²) in [5.41, 5.74) is 3.01. The van der Waals surface area contributed by atoms with E-state index in [1.807, 2.05) is 25.1 Å². The first kappa shape index (κ1) is 12.9.